The van der Waals surface area contributed by atoms with E-state index >= 15 is 0 Å². The van der Waals surface area contributed by atoms with E-state index in [1.165, 1.54) is 4.90 Å². The number of carbonyl (C=O) groups excluding carboxylic acids is 1. The topological polar surface area (TPSA) is 81.7 Å². The maximum absolute atomic E-state index is 11.2. The molecule has 0 atom stereocenters. The normalized spacial score (nSPS) is 9.57. The van der Waals surface area contributed by atoms with E-state index in [0.29, 0.717) is 13.1 Å². The third-order valence-corrected chi connectivity index (χ3v) is 1.66. The van der Waals surface area contributed by atoms with Crippen LogP contribution < -0.4 is 10.6 Å². The van der Waals surface area contributed by atoms with Crippen molar-refractivity contribution in [1.29, 1.82) is 0 Å². The third-order valence-electron chi connectivity index (χ3n) is 1.66. The summed E-state index contributed by atoms with van der Waals surface area (Å²) in [5.41, 5.74) is 0. The molecule has 0 aromatic rings. The molecule has 0 aliphatic heterocycles. The number of carboxylic acid groups (broad SMARTS) is 1. The molecule has 0 aliphatic rings. The van der Waals surface area contributed by atoms with Gasteiger partial charge in [-0.05, 0) is 7.05 Å². The number of rotatable bonds is 6. The number of amides is 2. The molecule has 0 unspecified atom stereocenters. The number of carbonyl (C=O) groups is 2. The Morgan fingerprint density at radius 2 is 2.00 bits per heavy atom. The number of carboxylic acids is 1. The summed E-state index contributed by atoms with van der Waals surface area (Å²) in [5.74, 6) is -0.914. The second-order valence-corrected chi connectivity index (χ2v) is 2.90. The van der Waals surface area contributed by atoms with E-state index in [4.69, 9.17) is 5.11 Å². The van der Waals surface area contributed by atoms with Crippen LogP contribution in [0.5, 0.6) is 0 Å². The minimum atomic E-state index is -0.914. The van der Waals surface area contributed by atoms with Crippen LogP contribution in [0, 0.1) is 0 Å². The molecule has 0 rings (SSSR count). The molecule has 6 heteroatoms. The van der Waals surface area contributed by atoms with Gasteiger partial charge in [-0.1, -0.05) is 0 Å². The molecular formula is C8H17N3O3. The molecule has 0 aliphatic carbocycles. The summed E-state index contributed by atoms with van der Waals surface area (Å²) in [5, 5.41) is 13.7. The van der Waals surface area contributed by atoms with Gasteiger partial charge in [0.05, 0.1) is 6.42 Å². The number of nitrogens with one attached hydrogen (secondary N) is 2. The van der Waals surface area contributed by atoms with E-state index in [-0.39, 0.29) is 19.0 Å². The van der Waals surface area contributed by atoms with Gasteiger partial charge in [-0.2, -0.15) is 0 Å². The Bertz CT molecular complexity index is 196. The second-order valence-electron chi connectivity index (χ2n) is 2.90. The molecular weight excluding hydrogens is 186 g/mol. The first-order valence-electron chi connectivity index (χ1n) is 4.43. The summed E-state index contributed by atoms with van der Waals surface area (Å²) in [6.45, 7) is 1.47. The minimum absolute atomic E-state index is 0.0500. The summed E-state index contributed by atoms with van der Waals surface area (Å²) in [6.07, 6.45) is -0.0500. The molecule has 82 valence electrons. The lowest BCUT2D eigenvalue weighted by atomic mass is 10.4. The van der Waals surface area contributed by atoms with Crippen molar-refractivity contribution in [2.24, 2.45) is 0 Å². The van der Waals surface area contributed by atoms with Crippen molar-refractivity contribution in [2.45, 2.75) is 6.42 Å². The third kappa shape index (κ3) is 6.24. The van der Waals surface area contributed by atoms with E-state index in [1.54, 1.807) is 14.1 Å². The van der Waals surface area contributed by atoms with E-state index in [1.807, 2.05) is 0 Å². The van der Waals surface area contributed by atoms with Crippen LogP contribution in [0.3, 0.4) is 0 Å². The Morgan fingerprint density at radius 3 is 2.50 bits per heavy atom. The highest BCUT2D eigenvalue weighted by atomic mass is 16.4. The fraction of sp³-hybridized carbons (Fsp3) is 0.750. The lowest BCUT2D eigenvalue weighted by molar-refractivity contribution is -0.136. The van der Waals surface area contributed by atoms with E-state index in [0.717, 1.165) is 0 Å². The number of hydrogen-bond acceptors (Lipinski definition) is 3. The van der Waals surface area contributed by atoms with Crippen molar-refractivity contribution < 1.29 is 14.7 Å². The van der Waals surface area contributed by atoms with Crippen LogP contribution in [0.2, 0.25) is 0 Å². The maximum Gasteiger partial charge on any atom is 0.317 e. The van der Waals surface area contributed by atoms with Gasteiger partial charge in [0.1, 0.15) is 0 Å². The predicted octanol–water partition coefficient (Wildman–Crippen LogP) is -0.678. The monoisotopic (exact) mass is 203 g/mol. The molecule has 0 heterocycles. The van der Waals surface area contributed by atoms with Crippen LogP contribution in [0.25, 0.3) is 0 Å². The van der Waals surface area contributed by atoms with Crippen molar-refractivity contribution in [3.63, 3.8) is 0 Å². The first-order valence-corrected chi connectivity index (χ1v) is 4.43. The second kappa shape index (κ2) is 7.14. The largest absolute Gasteiger partial charge is 0.481 e. The molecule has 14 heavy (non-hydrogen) atoms. The minimum Gasteiger partial charge on any atom is -0.481 e. The fourth-order valence-corrected chi connectivity index (χ4v) is 0.792. The summed E-state index contributed by atoms with van der Waals surface area (Å²) < 4.78 is 0. The van der Waals surface area contributed by atoms with Gasteiger partial charge in [-0.15, -0.1) is 0 Å². The molecule has 0 aromatic carbocycles. The van der Waals surface area contributed by atoms with Gasteiger partial charge in [0.2, 0.25) is 0 Å². The lowest BCUT2D eigenvalue weighted by Crippen LogP contribution is -2.40. The zero-order chi connectivity index (χ0) is 11.0. The molecule has 0 radical (unpaired) electrons. The Labute approximate surface area is 83.3 Å². The number of urea groups is 1. The van der Waals surface area contributed by atoms with E-state index < -0.39 is 5.97 Å². The van der Waals surface area contributed by atoms with E-state index in [2.05, 4.69) is 10.6 Å². The van der Waals surface area contributed by atoms with Gasteiger partial charge in [-0.25, -0.2) is 4.79 Å². The number of hydrogen-bond donors (Lipinski definition) is 3. The maximum atomic E-state index is 11.2. The Morgan fingerprint density at radius 1 is 1.36 bits per heavy atom. The van der Waals surface area contributed by atoms with Crippen LogP contribution in [-0.4, -0.2) is 55.7 Å². The SMILES string of the molecule is CNCCN(C)C(=O)NCCC(=O)O. The quantitative estimate of drug-likeness (QED) is 0.534. The van der Waals surface area contributed by atoms with Gasteiger partial charge < -0.3 is 20.6 Å². The Kier molecular flexibility index (Phi) is 6.47. The van der Waals surface area contributed by atoms with Gasteiger partial charge >= 0.3 is 12.0 Å². The molecule has 2 amide bonds. The lowest BCUT2D eigenvalue weighted by Gasteiger charge is -2.17. The average molecular weight is 203 g/mol. The van der Waals surface area contributed by atoms with Crippen molar-refractivity contribution in [1.82, 2.24) is 15.5 Å². The van der Waals surface area contributed by atoms with Crippen LogP contribution in [0.4, 0.5) is 4.79 Å². The molecule has 0 saturated carbocycles. The highest BCUT2D eigenvalue weighted by Crippen LogP contribution is 1.83. The molecule has 6 nitrogen and oxygen atoms in total. The molecule has 3 N–H and O–H groups in total. The van der Waals surface area contributed by atoms with Crippen LogP contribution in [0.1, 0.15) is 6.42 Å². The first-order chi connectivity index (χ1) is 6.57. The van der Waals surface area contributed by atoms with Crippen molar-refractivity contribution in [3.8, 4) is 0 Å². The van der Waals surface area contributed by atoms with Gasteiger partial charge in [0.25, 0.3) is 0 Å². The standard InChI is InChI=1S/C8H17N3O3/c1-9-5-6-11(2)8(14)10-4-3-7(12)13/h9H,3-6H2,1-2H3,(H,10,14)(H,12,13). The Balaban J connectivity index is 3.56. The predicted molar refractivity (Wildman–Crippen MR) is 52.2 cm³/mol. The highest BCUT2D eigenvalue weighted by molar-refractivity contribution is 5.74. The zero-order valence-corrected chi connectivity index (χ0v) is 8.54. The summed E-state index contributed by atoms with van der Waals surface area (Å²) in [4.78, 5) is 22.9. The van der Waals surface area contributed by atoms with Crippen molar-refractivity contribution in [3.05, 3.63) is 0 Å². The number of likely N-dealkylation sites (N-methyl/N-ethyl adjacent to an activating group) is 2. The number of aliphatic carboxylic acids is 1. The summed E-state index contributed by atoms with van der Waals surface area (Å²) in [7, 11) is 3.46. The van der Waals surface area contributed by atoms with Gasteiger partial charge in [0, 0.05) is 26.7 Å². The Hall–Kier alpha value is -1.30. The molecule has 0 bridgehead atoms. The van der Waals surface area contributed by atoms with Gasteiger partial charge in [-0.3, -0.25) is 4.79 Å². The summed E-state index contributed by atoms with van der Waals surface area (Å²) in [6, 6.07) is -0.249. The van der Waals surface area contributed by atoms with Gasteiger partial charge in [0.15, 0.2) is 0 Å². The number of nitrogens with zero attached hydrogens (tertiary/aromatic N) is 1. The highest BCUT2D eigenvalue weighted by Gasteiger charge is 2.06. The fourth-order valence-electron chi connectivity index (χ4n) is 0.792. The smallest absolute Gasteiger partial charge is 0.317 e. The molecule has 0 spiro atoms. The summed E-state index contributed by atoms with van der Waals surface area (Å²) >= 11 is 0. The van der Waals surface area contributed by atoms with Crippen LogP contribution in [-0.2, 0) is 4.79 Å². The zero-order valence-electron chi connectivity index (χ0n) is 8.54. The molecule has 0 aromatic heterocycles. The van der Waals surface area contributed by atoms with Crippen LogP contribution in [0.15, 0.2) is 0 Å². The molecule has 0 saturated heterocycles. The van der Waals surface area contributed by atoms with Crippen molar-refractivity contribution >= 4 is 12.0 Å². The molecule has 0 fully saturated rings. The van der Waals surface area contributed by atoms with E-state index in [9.17, 15) is 9.59 Å². The average Bonchev–Trinajstić information content (AvgIpc) is 2.13. The first kappa shape index (κ1) is 12.7. The van der Waals surface area contributed by atoms with Crippen LogP contribution >= 0.6 is 0 Å². The van der Waals surface area contributed by atoms with Crippen molar-refractivity contribution in [2.75, 3.05) is 33.7 Å².